The molecule has 0 atom stereocenters. The zero-order valence-electron chi connectivity index (χ0n) is 14.6. The fourth-order valence-corrected chi connectivity index (χ4v) is 2.56. The van der Waals surface area contributed by atoms with Gasteiger partial charge >= 0.3 is 0 Å². The van der Waals surface area contributed by atoms with E-state index in [1.54, 1.807) is 14.2 Å². The number of ether oxygens (including phenoxy) is 3. The van der Waals surface area contributed by atoms with Crippen LogP contribution in [0.3, 0.4) is 0 Å². The van der Waals surface area contributed by atoms with Crippen molar-refractivity contribution in [1.82, 2.24) is 10.2 Å². The van der Waals surface area contributed by atoms with Crippen LogP contribution >= 0.6 is 0 Å². The van der Waals surface area contributed by atoms with Gasteiger partial charge in [0.2, 0.25) is 0 Å². The third-order valence-electron chi connectivity index (χ3n) is 3.94. The van der Waals surface area contributed by atoms with E-state index in [2.05, 4.69) is 15.2 Å². The molecule has 1 aromatic carbocycles. The second-order valence-electron chi connectivity index (χ2n) is 5.63. The van der Waals surface area contributed by atoms with Gasteiger partial charge in [0.25, 0.3) is 0 Å². The number of hydrogen-bond donors (Lipinski definition) is 2. The van der Waals surface area contributed by atoms with Gasteiger partial charge in [-0.1, -0.05) is 6.07 Å². The molecule has 1 aliphatic rings. The van der Waals surface area contributed by atoms with Gasteiger partial charge in [0.15, 0.2) is 17.5 Å². The summed E-state index contributed by atoms with van der Waals surface area (Å²) in [5.41, 5.74) is 6.94. The number of hydrogen-bond acceptors (Lipinski definition) is 5. The molecule has 0 saturated carbocycles. The van der Waals surface area contributed by atoms with Gasteiger partial charge in [0, 0.05) is 19.6 Å². The number of methoxy groups -OCH3 is 2. The topological polar surface area (TPSA) is 81.3 Å². The van der Waals surface area contributed by atoms with Crippen LogP contribution in [0.5, 0.6) is 11.5 Å². The normalized spacial score (nSPS) is 16.0. The van der Waals surface area contributed by atoms with Crippen LogP contribution in [0.4, 0.5) is 0 Å². The number of benzene rings is 1. The van der Waals surface area contributed by atoms with E-state index in [0.717, 1.165) is 51.4 Å². The molecule has 1 fully saturated rings. The summed E-state index contributed by atoms with van der Waals surface area (Å²) in [6.45, 7) is 6.08. The molecule has 0 radical (unpaired) electrons. The van der Waals surface area contributed by atoms with Gasteiger partial charge in [-0.3, -0.25) is 4.90 Å². The van der Waals surface area contributed by atoms with Crippen LogP contribution < -0.4 is 20.5 Å². The maximum Gasteiger partial charge on any atom is 0.188 e. The van der Waals surface area contributed by atoms with Crippen molar-refractivity contribution in [3.8, 4) is 11.5 Å². The quantitative estimate of drug-likeness (QED) is 0.416. The molecule has 0 spiro atoms. The maximum absolute atomic E-state index is 5.92. The number of nitrogens with zero attached hydrogens (tertiary/aromatic N) is 2. The molecule has 0 unspecified atom stereocenters. The fraction of sp³-hybridized carbons (Fsp3) is 0.588. The molecular weight excluding hydrogens is 308 g/mol. The fourth-order valence-electron chi connectivity index (χ4n) is 2.56. The summed E-state index contributed by atoms with van der Waals surface area (Å²) in [4.78, 5) is 6.77. The second kappa shape index (κ2) is 10.00. The number of nitrogens with one attached hydrogen (secondary N) is 1. The molecule has 1 aliphatic heterocycles. The monoisotopic (exact) mass is 336 g/mol. The van der Waals surface area contributed by atoms with E-state index in [0.29, 0.717) is 24.0 Å². The first-order valence-corrected chi connectivity index (χ1v) is 8.27. The molecule has 3 N–H and O–H groups in total. The second-order valence-corrected chi connectivity index (χ2v) is 5.63. The van der Waals surface area contributed by atoms with E-state index >= 15 is 0 Å². The Hall–Kier alpha value is -1.99. The average molecular weight is 336 g/mol. The molecule has 24 heavy (non-hydrogen) atoms. The van der Waals surface area contributed by atoms with Gasteiger partial charge in [-0.05, 0) is 30.7 Å². The molecule has 2 rings (SSSR count). The number of guanidine groups is 1. The van der Waals surface area contributed by atoms with E-state index in [1.807, 2.05) is 18.2 Å². The largest absolute Gasteiger partial charge is 0.493 e. The first kappa shape index (κ1) is 18.4. The smallest absolute Gasteiger partial charge is 0.188 e. The van der Waals surface area contributed by atoms with Gasteiger partial charge < -0.3 is 25.3 Å². The predicted octanol–water partition coefficient (Wildman–Crippen LogP) is 0.830. The van der Waals surface area contributed by atoms with Crippen LogP contribution in [-0.4, -0.2) is 64.5 Å². The third kappa shape index (κ3) is 5.90. The van der Waals surface area contributed by atoms with Crippen molar-refractivity contribution in [1.29, 1.82) is 0 Å². The van der Waals surface area contributed by atoms with Crippen LogP contribution in [0, 0.1) is 0 Å². The maximum atomic E-state index is 5.92. The van der Waals surface area contributed by atoms with Crippen molar-refractivity contribution >= 4 is 5.96 Å². The summed E-state index contributed by atoms with van der Waals surface area (Å²) in [5, 5.41) is 3.16. The minimum absolute atomic E-state index is 0.465. The van der Waals surface area contributed by atoms with Crippen LogP contribution in [0.1, 0.15) is 12.0 Å². The summed E-state index contributed by atoms with van der Waals surface area (Å²) in [6.07, 6.45) is 1.03. The molecule has 7 nitrogen and oxygen atoms in total. The van der Waals surface area contributed by atoms with E-state index in [-0.39, 0.29) is 0 Å². The Morgan fingerprint density at radius 2 is 2.00 bits per heavy atom. The lowest BCUT2D eigenvalue weighted by molar-refractivity contribution is 0.0376. The molecule has 7 heteroatoms. The van der Waals surface area contributed by atoms with Crippen molar-refractivity contribution in [3.63, 3.8) is 0 Å². The molecule has 0 aliphatic carbocycles. The standard InChI is InChI=1S/C17H28N4O3/c1-22-15-5-4-14(12-16(15)23-2)13-20-17(18)19-6-3-7-21-8-10-24-11-9-21/h4-5,12H,3,6-11,13H2,1-2H3,(H3,18,19,20). The summed E-state index contributed by atoms with van der Waals surface area (Å²) < 4.78 is 15.8. The first-order valence-electron chi connectivity index (χ1n) is 8.27. The van der Waals surface area contributed by atoms with Crippen molar-refractivity contribution < 1.29 is 14.2 Å². The van der Waals surface area contributed by atoms with Gasteiger partial charge in [-0.25, -0.2) is 4.99 Å². The molecular formula is C17H28N4O3. The molecule has 134 valence electrons. The van der Waals surface area contributed by atoms with E-state index in [4.69, 9.17) is 19.9 Å². The van der Waals surface area contributed by atoms with E-state index < -0.39 is 0 Å². The van der Waals surface area contributed by atoms with E-state index in [1.165, 1.54) is 0 Å². The zero-order valence-corrected chi connectivity index (χ0v) is 14.6. The minimum atomic E-state index is 0.465. The lowest BCUT2D eigenvalue weighted by atomic mass is 10.2. The van der Waals surface area contributed by atoms with Crippen LogP contribution in [-0.2, 0) is 11.3 Å². The van der Waals surface area contributed by atoms with Gasteiger partial charge in [-0.2, -0.15) is 0 Å². The van der Waals surface area contributed by atoms with Crippen molar-refractivity contribution in [2.24, 2.45) is 10.7 Å². The van der Waals surface area contributed by atoms with Crippen molar-refractivity contribution in [3.05, 3.63) is 23.8 Å². The van der Waals surface area contributed by atoms with Crippen LogP contribution in [0.15, 0.2) is 23.2 Å². The highest BCUT2D eigenvalue weighted by atomic mass is 16.5. The molecule has 0 amide bonds. The van der Waals surface area contributed by atoms with Crippen molar-refractivity contribution in [2.75, 3.05) is 53.6 Å². The Morgan fingerprint density at radius 3 is 2.71 bits per heavy atom. The highest BCUT2D eigenvalue weighted by Gasteiger charge is 2.09. The van der Waals surface area contributed by atoms with Crippen LogP contribution in [0.25, 0.3) is 0 Å². The Morgan fingerprint density at radius 1 is 1.25 bits per heavy atom. The summed E-state index contributed by atoms with van der Waals surface area (Å²) >= 11 is 0. The minimum Gasteiger partial charge on any atom is -0.493 e. The summed E-state index contributed by atoms with van der Waals surface area (Å²) in [6, 6.07) is 5.74. The summed E-state index contributed by atoms with van der Waals surface area (Å²) in [7, 11) is 3.24. The van der Waals surface area contributed by atoms with Gasteiger partial charge in [-0.15, -0.1) is 0 Å². The zero-order chi connectivity index (χ0) is 17.2. The third-order valence-corrected chi connectivity index (χ3v) is 3.94. The first-order chi connectivity index (χ1) is 11.7. The molecule has 0 bridgehead atoms. The number of morpholine rings is 1. The summed E-state index contributed by atoms with van der Waals surface area (Å²) in [5.74, 6) is 1.87. The van der Waals surface area contributed by atoms with E-state index in [9.17, 15) is 0 Å². The van der Waals surface area contributed by atoms with Crippen molar-refractivity contribution in [2.45, 2.75) is 13.0 Å². The number of aliphatic imine (C=N–C) groups is 1. The highest BCUT2D eigenvalue weighted by molar-refractivity contribution is 5.77. The average Bonchev–Trinajstić information content (AvgIpc) is 2.64. The van der Waals surface area contributed by atoms with Crippen LogP contribution in [0.2, 0.25) is 0 Å². The Kier molecular flexibility index (Phi) is 7.64. The van der Waals surface area contributed by atoms with Gasteiger partial charge in [0.1, 0.15) is 0 Å². The lowest BCUT2D eigenvalue weighted by Crippen LogP contribution is -2.39. The predicted molar refractivity (Wildman–Crippen MR) is 94.8 cm³/mol. The molecule has 1 heterocycles. The van der Waals surface area contributed by atoms with Gasteiger partial charge in [0.05, 0.1) is 34.0 Å². The number of rotatable bonds is 8. The highest BCUT2D eigenvalue weighted by Crippen LogP contribution is 2.27. The number of nitrogens with two attached hydrogens (primary N) is 1. The Bertz CT molecular complexity index is 531. The molecule has 1 aromatic rings. The molecule has 1 saturated heterocycles. The SMILES string of the molecule is COc1ccc(CN=C(N)NCCCN2CCOCC2)cc1OC. The molecule has 0 aromatic heterocycles. The Labute approximate surface area is 143 Å². The Balaban J connectivity index is 1.71. The lowest BCUT2D eigenvalue weighted by Gasteiger charge is -2.26.